The fourth-order valence-corrected chi connectivity index (χ4v) is 2.18. The smallest absolute Gasteiger partial charge is 0.228 e. The molecule has 1 aromatic carbocycles. The van der Waals surface area contributed by atoms with Gasteiger partial charge in [-0.05, 0) is 37.2 Å². The zero-order valence-corrected chi connectivity index (χ0v) is 12.9. The number of aromatic nitrogens is 2. The number of halogens is 1. The molecule has 2 rings (SSSR count). The Morgan fingerprint density at radius 2 is 1.95 bits per heavy atom. The Morgan fingerprint density at radius 3 is 2.53 bits per heavy atom. The maximum Gasteiger partial charge on any atom is 0.228 e. The second-order valence-corrected chi connectivity index (χ2v) is 5.78. The van der Waals surface area contributed by atoms with E-state index in [-0.39, 0.29) is 0 Å². The molecule has 0 amide bonds. The van der Waals surface area contributed by atoms with E-state index in [1.165, 1.54) is 0 Å². The van der Waals surface area contributed by atoms with E-state index in [1.807, 2.05) is 31.3 Å². The first-order valence-electron chi connectivity index (χ1n) is 6.36. The van der Waals surface area contributed by atoms with E-state index in [0.29, 0.717) is 23.7 Å². The Kier molecular flexibility index (Phi) is 4.71. The lowest BCUT2D eigenvalue weighted by atomic mass is 10.0. The van der Waals surface area contributed by atoms with E-state index in [4.69, 9.17) is 4.52 Å². The molecule has 1 aromatic heterocycles. The van der Waals surface area contributed by atoms with Gasteiger partial charge in [-0.25, -0.2) is 0 Å². The average molecular weight is 324 g/mol. The summed E-state index contributed by atoms with van der Waals surface area (Å²) in [5, 5.41) is 7.31. The quantitative estimate of drug-likeness (QED) is 0.917. The largest absolute Gasteiger partial charge is 0.339 e. The Labute approximate surface area is 121 Å². The zero-order chi connectivity index (χ0) is 13.8. The molecule has 1 atom stereocenters. The van der Waals surface area contributed by atoms with Gasteiger partial charge < -0.3 is 9.84 Å². The highest BCUT2D eigenvalue weighted by Gasteiger charge is 2.16. The van der Waals surface area contributed by atoms with Gasteiger partial charge in [-0.3, -0.25) is 0 Å². The van der Waals surface area contributed by atoms with Gasteiger partial charge in [0, 0.05) is 22.5 Å². The average Bonchev–Trinajstić information content (AvgIpc) is 2.85. The SMILES string of the molecule is CNC(Cc1nc(-c2ccc(Br)cc2)no1)C(C)C. The van der Waals surface area contributed by atoms with Crippen LogP contribution in [0, 0.1) is 5.92 Å². The van der Waals surface area contributed by atoms with Crippen LogP contribution in [-0.2, 0) is 6.42 Å². The normalized spacial score (nSPS) is 12.9. The third-order valence-corrected chi connectivity index (χ3v) is 3.67. The minimum Gasteiger partial charge on any atom is -0.339 e. The highest BCUT2D eigenvalue weighted by molar-refractivity contribution is 9.10. The van der Waals surface area contributed by atoms with Crippen molar-refractivity contribution in [3.63, 3.8) is 0 Å². The second-order valence-electron chi connectivity index (χ2n) is 4.86. The molecule has 0 aliphatic heterocycles. The second kappa shape index (κ2) is 6.30. The minimum atomic E-state index is 0.346. The summed E-state index contributed by atoms with van der Waals surface area (Å²) in [6.07, 6.45) is 0.748. The van der Waals surface area contributed by atoms with Crippen LogP contribution in [0.5, 0.6) is 0 Å². The lowest BCUT2D eigenvalue weighted by molar-refractivity contribution is 0.335. The molecule has 2 aromatic rings. The molecular formula is C14H18BrN3O. The number of nitrogens with one attached hydrogen (secondary N) is 1. The molecule has 1 N–H and O–H groups in total. The van der Waals surface area contributed by atoms with Crippen LogP contribution in [0.1, 0.15) is 19.7 Å². The van der Waals surface area contributed by atoms with Crippen LogP contribution >= 0.6 is 15.9 Å². The molecule has 5 heteroatoms. The van der Waals surface area contributed by atoms with Crippen molar-refractivity contribution in [1.82, 2.24) is 15.5 Å². The summed E-state index contributed by atoms with van der Waals surface area (Å²) in [6, 6.07) is 8.22. The number of nitrogens with zero attached hydrogens (tertiary/aromatic N) is 2. The van der Waals surface area contributed by atoms with Crippen LogP contribution < -0.4 is 5.32 Å². The molecular weight excluding hydrogens is 306 g/mol. The van der Waals surface area contributed by atoms with Gasteiger partial charge in [0.05, 0.1) is 0 Å². The predicted molar refractivity (Wildman–Crippen MR) is 78.8 cm³/mol. The molecule has 4 nitrogen and oxygen atoms in total. The summed E-state index contributed by atoms with van der Waals surface area (Å²) in [5.41, 5.74) is 0.962. The molecule has 0 aliphatic rings. The summed E-state index contributed by atoms with van der Waals surface area (Å²) in [4.78, 5) is 4.45. The van der Waals surface area contributed by atoms with E-state index in [1.54, 1.807) is 0 Å². The molecule has 1 heterocycles. The van der Waals surface area contributed by atoms with E-state index < -0.39 is 0 Å². The van der Waals surface area contributed by atoms with Gasteiger partial charge in [-0.15, -0.1) is 0 Å². The zero-order valence-electron chi connectivity index (χ0n) is 11.4. The molecule has 0 saturated heterocycles. The molecule has 102 valence electrons. The molecule has 19 heavy (non-hydrogen) atoms. The van der Waals surface area contributed by atoms with Crippen molar-refractivity contribution in [2.45, 2.75) is 26.3 Å². The number of hydrogen-bond acceptors (Lipinski definition) is 4. The lowest BCUT2D eigenvalue weighted by Gasteiger charge is -2.17. The number of likely N-dealkylation sites (N-methyl/N-ethyl adjacent to an activating group) is 1. The number of benzene rings is 1. The molecule has 0 spiro atoms. The van der Waals surface area contributed by atoms with E-state index in [9.17, 15) is 0 Å². The third-order valence-electron chi connectivity index (χ3n) is 3.14. The topological polar surface area (TPSA) is 51.0 Å². The summed E-state index contributed by atoms with van der Waals surface area (Å²) >= 11 is 3.41. The van der Waals surface area contributed by atoms with Gasteiger partial charge in [0.25, 0.3) is 0 Å². The molecule has 0 saturated carbocycles. The van der Waals surface area contributed by atoms with Crippen LogP contribution in [0.2, 0.25) is 0 Å². The number of rotatable bonds is 5. The van der Waals surface area contributed by atoms with Crippen molar-refractivity contribution in [2.24, 2.45) is 5.92 Å². The van der Waals surface area contributed by atoms with Gasteiger partial charge in [0.1, 0.15) is 0 Å². The molecule has 0 radical (unpaired) electrons. The van der Waals surface area contributed by atoms with Crippen LogP contribution in [0.25, 0.3) is 11.4 Å². The molecule has 1 unspecified atom stereocenters. The fourth-order valence-electron chi connectivity index (χ4n) is 1.91. The standard InChI is InChI=1S/C14H18BrN3O/c1-9(2)12(16-3)8-13-17-14(18-19-13)10-4-6-11(15)7-5-10/h4-7,9,12,16H,8H2,1-3H3. The van der Waals surface area contributed by atoms with Crippen molar-refractivity contribution in [3.8, 4) is 11.4 Å². The van der Waals surface area contributed by atoms with E-state index in [2.05, 4.69) is 45.2 Å². The fraction of sp³-hybridized carbons (Fsp3) is 0.429. The predicted octanol–water partition coefficient (Wildman–Crippen LogP) is 3.29. The third kappa shape index (κ3) is 3.64. The van der Waals surface area contributed by atoms with Crippen molar-refractivity contribution in [3.05, 3.63) is 34.6 Å². The van der Waals surface area contributed by atoms with Crippen molar-refractivity contribution >= 4 is 15.9 Å². The molecule has 0 aliphatic carbocycles. The lowest BCUT2D eigenvalue weighted by Crippen LogP contribution is -2.32. The molecule has 0 fully saturated rings. The van der Waals surface area contributed by atoms with Crippen LogP contribution in [0.3, 0.4) is 0 Å². The Bertz CT molecular complexity index is 522. The van der Waals surface area contributed by atoms with Gasteiger partial charge in [-0.2, -0.15) is 4.98 Å². The van der Waals surface area contributed by atoms with Crippen LogP contribution in [0.4, 0.5) is 0 Å². The maximum absolute atomic E-state index is 5.32. The van der Waals surface area contributed by atoms with Gasteiger partial charge in [0.15, 0.2) is 0 Å². The minimum absolute atomic E-state index is 0.346. The van der Waals surface area contributed by atoms with E-state index >= 15 is 0 Å². The first-order chi connectivity index (χ1) is 9.10. The van der Waals surface area contributed by atoms with Gasteiger partial charge in [-0.1, -0.05) is 34.9 Å². The number of hydrogen-bond donors (Lipinski definition) is 1. The monoisotopic (exact) mass is 323 g/mol. The maximum atomic E-state index is 5.32. The summed E-state index contributed by atoms with van der Waals surface area (Å²) in [5.74, 6) is 1.83. The van der Waals surface area contributed by atoms with Crippen molar-refractivity contribution < 1.29 is 4.52 Å². The summed E-state index contributed by atoms with van der Waals surface area (Å²) < 4.78 is 6.36. The first kappa shape index (κ1) is 14.2. The molecule has 0 bridgehead atoms. The van der Waals surface area contributed by atoms with Gasteiger partial charge >= 0.3 is 0 Å². The van der Waals surface area contributed by atoms with Crippen molar-refractivity contribution in [2.75, 3.05) is 7.05 Å². The first-order valence-corrected chi connectivity index (χ1v) is 7.15. The Morgan fingerprint density at radius 1 is 1.26 bits per heavy atom. The summed E-state index contributed by atoms with van der Waals surface area (Å²) in [6.45, 7) is 4.35. The van der Waals surface area contributed by atoms with Gasteiger partial charge in [0.2, 0.25) is 11.7 Å². The highest BCUT2D eigenvalue weighted by atomic mass is 79.9. The van der Waals surface area contributed by atoms with Crippen LogP contribution in [0.15, 0.2) is 33.3 Å². The Hall–Kier alpha value is -1.20. The highest BCUT2D eigenvalue weighted by Crippen LogP contribution is 2.19. The van der Waals surface area contributed by atoms with E-state index in [0.717, 1.165) is 16.5 Å². The Balaban J connectivity index is 2.12. The summed E-state index contributed by atoms with van der Waals surface area (Å²) in [7, 11) is 1.96. The van der Waals surface area contributed by atoms with Crippen molar-refractivity contribution in [1.29, 1.82) is 0 Å². The van der Waals surface area contributed by atoms with Crippen LogP contribution in [-0.4, -0.2) is 23.2 Å².